The third-order valence-corrected chi connectivity index (χ3v) is 3.75. The molecule has 0 aliphatic heterocycles. The molecule has 0 spiro atoms. The first-order valence-electron chi connectivity index (χ1n) is 7.07. The molecule has 2 aromatic heterocycles. The highest BCUT2D eigenvalue weighted by molar-refractivity contribution is 6.30. The van der Waals surface area contributed by atoms with Crippen molar-refractivity contribution in [2.75, 3.05) is 0 Å². The summed E-state index contributed by atoms with van der Waals surface area (Å²) in [6.07, 6.45) is 1.82. The van der Waals surface area contributed by atoms with Crippen molar-refractivity contribution in [2.45, 2.75) is 20.4 Å². The molecule has 0 saturated heterocycles. The van der Waals surface area contributed by atoms with Gasteiger partial charge in [-0.15, -0.1) is 0 Å². The van der Waals surface area contributed by atoms with Crippen LogP contribution in [0.2, 0.25) is 5.02 Å². The number of aryl methyl sites for hydroxylation is 1. The second-order valence-corrected chi connectivity index (χ2v) is 5.87. The Morgan fingerprint density at radius 3 is 2.73 bits per heavy atom. The van der Waals surface area contributed by atoms with Crippen LogP contribution in [0.4, 0.5) is 0 Å². The molecule has 1 unspecified atom stereocenters. The summed E-state index contributed by atoms with van der Waals surface area (Å²) in [5.74, 6) is 0.693. The molecule has 0 N–H and O–H groups in total. The SMILES string of the molecule is Cc1cnc2c(c1)nc(-c1ccc(Cl)cc1)n2CC(C)C#N. The van der Waals surface area contributed by atoms with Crippen molar-refractivity contribution < 1.29 is 0 Å². The Bertz CT molecular complexity index is 859. The van der Waals surface area contributed by atoms with E-state index in [-0.39, 0.29) is 5.92 Å². The van der Waals surface area contributed by atoms with Crippen molar-refractivity contribution in [3.8, 4) is 17.5 Å². The Kier molecular flexibility index (Phi) is 3.82. The van der Waals surface area contributed by atoms with Gasteiger partial charge in [0.15, 0.2) is 5.65 Å². The van der Waals surface area contributed by atoms with E-state index in [1.807, 2.05) is 54.9 Å². The van der Waals surface area contributed by atoms with Crippen molar-refractivity contribution in [2.24, 2.45) is 5.92 Å². The lowest BCUT2D eigenvalue weighted by Crippen LogP contribution is -2.08. The van der Waals surface area contributed by atoms with Crippen molar-refractivity contribution in [1.82, 2.24) is 14.5 Å². The van der Waals surface area contributed by atoms with E-state index < -0.39 is 0 Å². The summed E-state index contributed by atoms with van der Waals surface area (Å²) in [4.78, 5) is 9.21. The summed E-state index contributed by atoms with van der Waals surface area (Å²) >= 11 is 5.96. The highest BCUT2D eigenvalue weighted by atomic mass is 35.5. The average Bonchev–Trinajstić information content (AvgIpc) is 2.85. The molecule has 22 heavy (non-hydrogen) atoms. The molecular weight excluding hydrogens is 296 g/mol. The zero-order chi connectivity index (χ0) is 15.7. The number of rotatable bonds is 3. The third-order valence-electron chi connectivity index (χ3n) is 3.50. The minimum absolute atomic E-state index is 0.119. The lowest BCUT2D eigenvalue weighted by molar-refractivity contribution is 0.594. The number of hydrogen-bond acceptors (Lipinski definition) is 3. The van der Waals surface area contributed by atoms with Gasteiger partial charge in [-0.1, -0.05) is 11.6 Å². The van der Waals surface area contributed by atoms with Crippen LogP contribution in [0.15, 0.2) is 36.5 Å². The number of halogens is 1. The molecule has 2 heterocycles. The topological polar surface area (TPSA) is 54.5 Å². The second-order valence-electron chi connectivity index (χ2n) is 5.44. The maximum Gasteiger partial charge on any atom is 0.160 e. The molecule has 4 nitrogen and oxygen atoms in total. The van der Waals surface area contributed by atoms with Gasteiger partial charge in [-0.05, 0) is 49.7 Å². The van der Waals surface area contributed by atoms with Crippen LogP contribution in [0, 0.1) is 24.2 Å². The number of nitriles is 1. The van der Waals surface area contributed by atoms with Crippen LogP contribution in [-0.2, 0) is 6.54 Å². The first-order valence-corrected chi connectivity index (χ1v) is 7.44. The fraction of sp³-hybridized carbons (Fsp3) is 0.235. The number of hydrogen-bond donors (Lipinski definition) is 0. The van der Waals surface area contributed by atoms with Gasteiger partial charge in [0.05, 0.1) is 12.0 Å². The van der Waals surface area contributed by atoms with E-state index in [9.17, 15) is 0 Å². The van der Waals surface area contributed by atoms with E-state index in [0.717, 1.165) is 28.1 Å². The Morgan fingerprint density at radius 2 is 2.05 bits per heavy atom. The quantitative estimate of drug-likeness (QED) is 0.727. The van der Waals surface area contributed by atoms with Gasteiger partial charge in [0, 0.05) is 23.3 Å². The van der Waals surface area contributed by atoms with Crippen molar-refractivity contribution >= 4 is 22.8 Å². The lowest BCUT2D eigenvalue weighted by atomic mass is 10.2. The third kappa shape index (κ3) is 2.68. The van der Waals surface area contributed by atoms with Crippen LogP contribution in [0.1, 0.15) is 12.5 Å². The zero-order valence-corrected chi connectivity index (χ0v) is 13.2. The normalized spacial score (nSPS) is 12.3. The maximum absolute atomic E-state index is 9.13. The van der Waals surface area contributed by atoms with Crippen molar-refractivity contribution in [1.29, 1.82) is 5.26 Å². The van der Waals surface area contributed by atoms with Gasteiger partial charge in [-0.25, -0.2) is 9.97 Å². The molecule has 1 aromatic carbocycles. The van der Waals surface area contributed by atoms with Gasteiger partial charge in [0.25, 0.3) is 0 Å². The molecule has 0 radical (unpaired) electrons. The molecule has 0 aliphatic carbocycles. The lowest BCUT2D eigenvalue weighted by Gasteiger charge is -2.10. The minimum atomic E-state index is -0.119. The van der Waals surface area contributed by atoms with Gasteiger partial charge in [0.1, 0.15) is 11.3 Å². The molecule has 110 valence electrons. The summed E-state index contributed by atoms with van der Waals surface area (Å²) in [6, 6.07) is 11.8. The molecule has 3 rings (SSSR count). The van der Waals surface area contributed by atoms with Crippen molar-refractivity contribution in [3.63, 3.8) is 0 Å². The van der Waals surface area contributed by atoms with Crippen LogP contribution in [-0.4, -0.2) is 14.5 Å². The smallest absolute Gasteiger partial charge is 0.160 e. The van der Waals surface area contributed by atoms with Crippen LogP contribution in [0.25, 0.3) is 22.6 Å². The number of aromatic nitrogens is 3. The Labute approximate surface area is 134 Å². The molecular formula is C17H15ClN4. The molecule has 0 amide bonds. The van der Waals surface area contributed by atoms with E-state index >= 15 is 0 Å². The predicted octanol–water partition coefficient (Wildman–Crippen LogP) is 4.22. The summed E-state index contributed by atoms with van der Waals surface area (Å²) in [7, 11) is 0. The summed E-state index contributed by atoms with van der Waals surface area (Å²) in [5.41, 5.74) is 3.67. The number of fused-ring (bicyclic) bond motifs is 1. The van der Waals surface area contributed by atoms with E-state index in [1.165, 1.54) is 0 Å². The summed E-state index contributed by atoms with van der Waals surface area (Å²) in [6.45, 7) is 4.44. The fourth-order valence-corrected chi connectivity index (χ4v) is 2.54. The standard InChI is InChI=1S/C17H15ClN4/c1-11-7-15-17(20-9-11)22(10-12(2)8-19)16(21-15)13-3-5-14(18)6-4-13/h3-7,9,12H,10H2,1-2H3. The monoisotopic (exact) mass is 310 g/mol. The van der Waals surface area contributed by atoms with E-state index in [2.05, 4.69) is 11.1 Å². The molecule has 1 atom stereocenters. The molecule has 5 heteroatoms. The van der Waals surface area contributed by atoms with Gasteiger partial charge < -0.3 is 4.57 Å². The molecule has 0 saturated carbocycles. The van der Waals surface area contributed by atoms with E-state index in [4.69, 9.17) is 21.8 Å². The van der Waals surface area contributed by atoms with Crippen LogP contribution in [0.3, 0.4) is 0 Å². The molecule has 0 fully saturated rings. The highest BCUT2D eigenvalue weighted by Crippen LogP contribution is 2.26. The first-order chi connectivity index (χ1) is 10.6. The number of benzene rings is 1. The van der Waals surface area contributed by atoms with E-state index in [1.54, 1.807) is 0 Å². The van der Waals surface area contributed by atoms with Crippen LogP contribution in [0.5, 0.6) is 0 Å². The fourth-order valence-electron chi connectivity index (χ4n) is 2.42. The number of pyridine rings is 1. The number of imidazole rings is 1. The Morgan fingerprint density at radius 1 is 1.32 bits per heavy atom. The average molecular weight is 311 g/mol. The Balaban J connectivity index is 2.21. The van der Waals surface area contributed by atoms with Gasteiger partial charge >= 0.3 is 0 Å². The minimum Gasteiger partial charge on any atom is -0.307 e. The second kappa shape index (κ2) is 5.78. The van der Waals surface area contributed by atoms with Crippen molar-refractivity contribution in [3.05, 3.63) is 47.1 Å². The Hall–Kier alpha value is -2.38. The predicted molar refractivity (Wildman–Crippen MR) is 87.5 cm³/mol. The number of nitrogens with zero attached hydrogens (tertiary/aromatic N) is 4. The maximum atomic E-state index is 9.13. The molecule has 0 bridgehead atoms. The van der Waals surface area contributed by atoms with Gasteiger partial charge in [0.2, 0.25) is 0 Å². The van der Waals surface area contributed by atoms with Crippen LogP contribution < -0.4 is 0 Å². The summed E-state index contributed by atoms with van der Waals surface area (Å²) < 4.78 is 2.01. The van der Waals surface area contributed by atoms with Gasteiger partial charge in [-0.3, -0.25) is 0 Å². The summed E-state index contributed by atoms with van der Waals surface area (Å²) in [5, 5.41) is 9.81. The van der Waals surface area contributed by atoms with Gasteiger partial charge in [-0.2, -0.15) is 5.26 Å². The first kappa shape index (κ1) is 14.6. The van der Waals surface area contributed by atoms with Crippen LogP contribution >= 0.6 is 11.6 Å². The highest BCUT2D eigenvalue weighted by Gasteiger charge is 2.15. The van der Waals surface area contributed by atoms with E-state index in [0.29, 0.717) is 11.6 Å². The largest absolute Gasteiger partial charge is 0.307 e. The zero-order valence-electron chi connectivity index (χ0n) is 12.4. The molecule has 0 aliphatic rings. The molecule has 3 aromatic rings.